The maximum atomic E-state index is 11.2. The number of phenolic OH excluding ortho intramolecular Hbond substituents is 2. The summed E-state index contributed by atoms with van der Waals surface area (Å²) in [6, 6.07) is 3.99. The fourth-order valence-corrected chi connectivity index (χ4v) is 2.01. The molecule has 0 bridgehead atoms. The van der Waals surface area contributed by atoms with E-state index in [2.05, 4.69) is 5.32 Å². The van der Waals surface area contributed by atoms with Crippen molar-refractivity contribution in [3.05, 3.63) is 23.8 Å². The number of alkyl carbamates (subject to hydrolysis) is 1. The van der Waals surface area contributed by atoms with Gasteiger partial charge < -0.3 is 20.3 Å². The van der Waals surface area contributed by atoms with Gasteiger partial charge >= 0.3 is 6.09 Å². The first-order valence-corrected chi connectivity index (χ1v) is 5.35. The number of benzene rings is 1. The van der Waals surface area contributed by atoms with Gasteiger partial charge in [-0.25, -0.2) is 4.79 Å². The van der Waals surface area contributed by atoms with Crippen molar-refractivity contribution in [3.8, 4) is 11.5 Å². The van der Waals surface area contributed by atoms with Crippen molar-refractivity contribution in [2.24, 2.45) is 5.41 Å². The summed E-state index contributed by atoms with van der Waals surface area (Å²) in [6.07, 6.45) is -0.489. The zero-order valence-electron chi connectivity index (χ0n) is 10.1. The van der Waals surface area contributed by atoms with E-state index < -0.39 is 6.09 Å². The number of rotatable bonds is 1. The summed E-state index contributed by atoms with van der Waals surface area (Å²) in [5.41, 5.74) is 0.345. The van der Waals surface area contributed by atoms with E-state index in [9.17, 15) is 15.0 Å². The van der Waals surface area contributed by atoms with E-state index in [0.717, 1.165) is 0 Å². The monoisotopic (exact) mass is 273 g/mol. The lowest BCUT2D eigenvalue weighted by molar-refractivity contribution is 0.0386. The Balaban J connectivity index is 0.00000162. The summed E-state index contributed by atoms with van der Waals surface area (Å²) >= 11 is 0. The Hall–Kier alpha value is -1.62. The smallest absolute Gasteiger partial charge is 0.407 e. The second-order valence-electron chi connectivity index (χ2n) is 4.92. The van der Waals surface area contributed by atoms with Gasteiger partial charge in [0.15, 0.2) is 0 Å². The molecule has 0 unspecified atom stereocenters. The summed E-state index contributed by atoms with van der Waals surface area (Å²) in [6.45, 7) is 4.18. The number of nitrogens with one attached hydrogen (secondary N) is 1. The number of hydrogen-bond donors (Lipinski definition) is 3. The molecule has 0 aliphatic carbocycles. The highest BCUT2D eigenvalue weighted by molar-refractivity contribution is 5.85. The molecular formula is C12H16ClNO4. The third-order valence-corrected chi connectivity index (χ3v) is 2.88. The molecule has 3 N–H and O–H groups in total. The molecule has 1 aliphatic rings. The first-order valence-electron chi connectivity index (χ1n) is 5.35. The highest BCUT2D eigenvalue weighted by Crippen LogP contribution is 2.38. The highest BCUT2D eigenvalue weighted by atomic mass is 35.5. The van der Waals surface area contributed by atoms with E-state index in [1.54, 1.807) is 0 Å². The number of carbonyl (C=O) groups is 1. The molecule has 0 aromatic heterocycles. The molecule has 5 nitrogen and oxygen atoms in total. The Kier molecular flexibility index (Phi) is 3.96. The highest BCUT2D eigenvalue weighted by Gasteiger charge is 2.38. The molecule has 6 heteroatoms. The summed E-state index contributed by atoms with van der Waals surface area (Å²) in [5.74, 6) is -0.0620. The predicted molar refractivity (Wildman–Crippen MR) is 68.0 cm³/mol. The van der Waals surface area contributed by atoms with E-state index in [1.165, 1.54) is 18.2 Å². The third-order valence-electron chi connectivity index (χ3n) is 2.88. The zero-order chi connectivity index (χ0) is 12.6. The van der Waals surface area contributed by atoms with Gasteiger partial charge in [-0.3, -0.25) is 0 Å². The molecule has 1 aliphatic heterocycles. The molecule has 1 saturated heterocycles. The van der Waals surface area contributed by atoms with E-state index >= 15 is 0 Å². The Labute approximate surface area is 111 Å². The molecule has 0 saturated carbocycles. The van der Waals surface area contributed by atoms with E-state index in [1.807, 2.05) is 13.8 Å². The summed E-state index contributed by atoms with van der Waals surface area (Å²) in [5, 5.41) is 21.6. The van der Waals surface area contributed by atoms with Gasteiger partial charge in [0, 0.05) is 11.5 Å². The van der Waals surface area contributed by atoms with Gasteiger partial charge in [-0.2, -0.15) is 0 Å². The second-order valence-corrected chi connectivity index (χ2v) is 4.92. The standard InChI is InChI=1S/C12H15NO4.ClH/c1-12(2)6-17-11(16)13-10(12)7-3-8(14)5-9(15)4-7;/h3-5,10,14-15H,6H2,1-2H3,(H,13,16);1H/t10-;/m0./s1. The minimum atomic E-state index is -0.489. The SMILES string of the molecule is CC1(C)COC(=O)N[C@H]1c1cc(O)cc(O)c1.Cl. The molecule has 1 aromatic carbocycles. The first-order chi connectivity index (χ1) is 7.88. The van der Waals surface area contributed by atoms with Gasteiger partial charge in [0.25, 0.3) is 0 Å². The van der Waals surface area contributed by atoms with Crippen LogP contribution in [-0.4, -0.2) is 22.9 Å². The molecule has 1 fully saturated rings. The Bertz CT molecular complexity index is 441. The van der Waals surface area contributed by atoms with Crippen LogP contribution in [-0.2, 0) is 4.74 Å². The molecule has 0 radical (unpaired) electrons. The summed E-state index contributed by atoms with van der Waals surface area (Å²) in [4.78, 5) is 11.2. The zero-order valence-corrected chi connectivity index (χ0v) is 11.0. The molecule has 1 aromatic rings. The number of ether oxygens (including phenoxy) is 1. The number of hydrogen-bond acceptors (Lipinski definition) is 4. The van der Waals surface area contributed by atoms with Crippen molar-refractivity contribution in [1.29, 1.82) is 0 Å². The maximum Gasteiger partial charge on any atom is 0.407 e. The van der Waals surface area contributed by atoms with Gasteiger partial charge in [-0.05, 0) is 17.7 Å². The Morgan fingerprint density at radius 3 is 2.39 bits per heavy atom. The fourth-order valence-electron chi connectivity index (χ4n) is 2.01. The lowest BCUT2D eigenvalue weighted by atomic mass is 9.80. The first kappa shape index (κ1) is 14.4. The molecular weight excluding hydrogens is 258 g/mol. The van der Waals surface area contributed by atoms with Gasteiger partial charge in [0.2, 0.25) is 0 Å². The van der Waals surface area contributed by atoms with Crippen LogP contribution >= 0.6 is 12.4 Å². The fraction of sp³-hybridized carbons (Fsp3) is 0.417. The Morgan fingerprint density at radius 2 is 1.83 bits per heavy atom. The second kappa shape index (κ2) is 4.94. The molecule has 1 amide bonds. The van der Waals surface area contributed by atoms with Crippen LogP contribution in [0.1, 0.15) is 25.5 Å². The van der Waals surface area contributed by atoms with Crippen molar-refractivity contribution < 1.29 is 19.7 Å². The lowest BCUT2D eigenvalue weighted by Gasteiger charge is -2.38. The predicted octanol–water partition coefficient (Wildman–Crippen LogP) is 2.33. The average molecular weight is 274 g/mol. The molecule has 18 heavy (non-hydrogen) atoms. The molecule has 1 heterocycles. The molecule has 1 atom stereocenters. The van der Waals surface area contributed by atoms with Crippen molar-refractivity contribution in [2.75, 3.05) is 6.61 Å². The average Bonchev–Trinajstić information content (AvgIpc) is 2.20. The Morgan fingerprint density at radius 1 is 1.28 bits per heavy atom. The van der Waals surface area contributed by atoms with Crippen LogP contribution in [0.4, 0.5) is 4.79 Å². The lowest BCUT2D eigenvalue weighted by Crippen LogP contribution is -2.46. The van der Waals surface area contributed by atoms with Crippen LogP contribution in [0.25, 0.3) is 0 Å². The van der Waals surface area contributed by atoms with Gasteiger partial charge in [-0.15, -0.1) is 12.4 Å². The quantitative estimate of drug-likeness (QED) is 0.734. The normalized spacial score (nSPS) is 21.4. The summed E-state index contributed by atoms with van der Waals surface area (Å²) < 4.78 is 4.93. The number of halogens is 1. The number of cyclic esters (lactones) is 1. The number of amides is 1. The van der Waals surface area contributed by atoms with Crippen molar-refractivity contribution in [1.82, 2.24) is 5.32 Å². The molecule has 0 spiro atoms. The van der Waals surface area contributed by atoms with Crippen LogP contribution in [0, 0.1) is 5.41 Å². The van der Waals surface area contributed by atoms with Crippen LogP contribution in [0.15, 0.2) is 18.2 Å². The van der Waals surface area contributed by atoms with Crippen LogP contribution in [0.3, 0.4) is 0 Å². The largest absolute Gasteiger partial charge is 0.508 e. The molecule has 100 valence electrons. The number of aromatic hydroxyl groups is 2. The minimum Gasteiger partial charge on any atom is -0.508 e. The van der Waals surface area contributed by atoms with Crippen molar-refractivity contribution >= 4 is 18.5 Å². The maximum absolute atomic E-state index is 11.2. The van der Waals surface area contributed by atoms with Crippen LogP contribution in [0.5, 0.6) is 11.5 Å². The van der Waals surface area contributed by atoms with E-state index in [-0.39, 0.29) is 35.4 Å². The topological polar surface area (TPSA) is 78.8 Å². The van der Waals surface area contributed by atoms with E-state index in [4.69, 9.17) is 4.74 Å². The third kappa shape index (κ3) is 2.79. The number of phenols is 2. The van der Waals surface area contributed by atoms with Crippen molar-refractivity contribution in [2.45, 2.75) is 19.9 Å². The molecule has 2 rings (SSSR count). The summed E-state index contributed by atoms with van der Waals surface area (Å²) in [7, 11) is 0. The van der Waals surface area contributed by atoms with Crippen LogP contribution < -0.4 is 5.32 Å². The van der Waals surface area contributed by atoms with Crippen LogP contribution in [0.2, 0.25) is 0 Å². The van der Waals surface area contributed by atoms with Gasteiger partial charge in [0.05, 0.1) is 6.04 Å². The van der Waals surface area contributed by atoms with Gasteiger partial charge in [0.1, 0.15) is 18.1 Å². The van der Waals surface area contributed by atoms with E-state index in [0.29, 0.717) is 12.2 Å². The van der Waals surface area contributed by atoms with Gasteiger partial charge in [-0.1, -0.05) is 13.8 Å². The van der Waals surface area contributed by atoms with Crippen molar-refractivity contribution in [3.63, 3.8) is 0 Å². The minimum absolute atomic E-state index is 0. The number of carbonyl (C=O) groups excluding carboxylic acids is 1.